The van der Waals surface area contributed by atoms with Crippen LogP contribution in [0.15, 0.2) is 16.8 Å². The van der Waals surface area contributed by atoms with Crippen LogP contribution in [0.4, 0.5) is 0 Å². The molecule has 1 aromatic heterocycles. The first kappa shape index (κ1) is 14.5. The molecule has 0 bridgehead atoms. The number of hydrogen-bond acceptors (Lipinski definition) is 4. The van der Waals surface area contributed by atoms with Crippen molar-refractivity contribution >= 4 is 17.2 Å². The van der Waals surface area contributed by atoms with E-state index >= 15 is 0 Å². The maximum absolute atomic E-state index is 11.8. The minimum absolute atomic E-state index is 0.0584. The van der Waals surface area contributed by atoms with Crippen LogP contribution in [0, 0.1) is 5.92 Å². The molecule has 0 aromatic carbocycles. The molecule has 1 amide bonds. The number of methoxy groups -OCH3 is 1. The van der Waals surface area contributed by atoms with Gasteiger partial charge in [0.15, 0.2) is 0 Å². The number of ether oxygens (including phenoxy) is 1. The van der Waals surface area contributed by atoms with Gasteiger partial charge in [-0.15, -0.1) is 0 Å². The molecule has 1 aromatic rings. The normalized spacial score (nSPS) is 17.5. The summed E-state index contributed by atoms with van der Waals surface area (Å²) in [4.78, 5) is 14.3. The minimum atomic E-state index is 0.0584. The van der Waals surface area contributed by atoms with Crippen molar-refractivity contribution in [3.8, 4) is 0 Å². The summed E-state index contributed by atoms with van der Waals surface area (Å²) >= 11 is 1.56. The molecule has 5 heteroatoms. The Labute approximate surface area is 118 Å². The number of hydrogen-bond donors (Lipinski definition) is 1. The summed E-state index contributed by atoms with van der Waals surface area (Å²) in [7, 11) is 1.74. The SMILES string of the molecule is COCCN1CCC(CNC(=O)c2ccsc2)CC1. The molecule has 1 N–H and O–H groups in total. The van der Waals surface area contributed by atoms with Crippen LogP contribution in [0.1, 0.15) is 23.2 Å². The van der Waals surface area contributed by atoms with Gasteiger partial charge >= 0.3 is 0 Å². The van der Waals surface area contributed by atoms with Crippen LogP contribution < -0.4 is 5.32 Å². The van der Waals surface area contributed by atoms with Crippen LogP contribution in [-0.2, 0) is 4.74 Å². The lowest BCUT2D eigenvalue weighted by molar-refractivity contribution is 0.0926. The molecule has 1 aliphatic heterocycles. The predicted molar refractivity (Wildman–Crippen MR) is 77.7 cm³/mol. The Morgan fingerprint density at radius 1 is 1.53 bits per heavy atom. The zero-order valence-corrected chi connectivity index (χ0v) is 12.2. The number of carbonyl (C=O) groups is 1. The van der Waals surface area contributed by atoms with E-state index in [-0.39, 0.29) is 5.91 Å². The monoisotopic (exact) mass is 282 g/mol. The molecule has 19 heavy (non-hydrogen) atoms. The third-order valence-electron chi connectivity index (χ3n) is 3.65. The Kier molecular flexibility index (Phi) is 5.82. The van der Waals surface area contributed by atoms with E-state index in [1.807, 2.05) is 16.8 Å². The second-order valence-corrected chi connectivity index (χ2v) is 5.78. The predicted octanol–water partition coefficient (Wildman–Crippen LogP) is 1.84. The summed E-state index contributed by atoms with van der Waals surface area (Å²) < 4.78 is 5.09. The fourth-order valence-corrected chi connectivity index (χ4v) is 3.00. The number of nitrogens with one attached hydrogen (secondary N) is 1. The lowest BCUT2D eigenvalue weighted by Gasteiger charge is -2.31. The van der Waals surface area contributed by atoms with Crippen molar-refractivity contribution in [2.45, 2.75) is 12.8 Å². The first-order valence-corrected chi connectivity index (χ1v) is 7.75. The molecule has 0 saturated carbocycles. The number of rotatable bonds is 6. The van der Waals surface area contributed by atoms with E-state index in [4.69, 9.17) is 4.74 Å². The van der Waals surface area contributed by atoms with E-state index in [1.165, 1.54) is 0 Å². The molecule has 2 rings (SSSR count). The second-order valence-electron chi connectivity index (χ2n) is 5.00. The maximum atomic E-state index is 11.8. The first-order valence-electron chi connectivity index (χ1n) is 6.81. The average Bonchev–Trinajstić information content (AvgIpc) is 2.98. The van der Waals surface area contributed by atoms with E-state index in [9.17, 15) is 4.79 Å². The molecule has 0 unspecified atom stereocenters. The highest BCUT2D eigenvalue weighted by atomic mass is 32.1. The third kappa shape index (κ3) is 4.60. The zero-order chi connectivity index (χ0) is 13.5. The van der Waals surface area contributed by atoms with Gasteiger partial charge in [0.2, 0.25) is 0 Å². The highest BCUT2D eigenvalue weighted by Crippen LogP contribution is 2.16. The minimum Gasteiger partial charge on any atom is -0.383 e. The quantitative estimate of drug-likeness (QED) is 0.865. The summed E-state index contributed by atoms with van der Waals surface area (Å²) in [6, 6.07) is 1.87. The summed E-state index contributed by atoms with van der Waals surface area (Å²) in [6.07, 6.45) is 2.32. The van der Waals surface area contributed by atoms with Gasteiger partial charge in [0.1, 0.15) is 0 Å². The van der Waals surface area contributed by atoms with Crippen LogP contribution >= 0.6 is 11.3 Å². The Hall–Kier alpha value is -0.910. The van der Waals surface area contributed by atoms with Crippen molar-refractivity contribution in [3.63, 3.8) is 0 Å². The highest BCUT2D eigenvalue weighted by Gasteiger charge is 2.19. The van der Waals surface area contributed by atoms with E-state index < -0.39 is 0 Å². The second kappa shape index (κ2) is 7.62. The van der Waals surface area contributed by atoms with Gasteiger partial charge in [0, 0.05) is 31.1 Å². The number of likely N-dealkylation sites (tertiary alicyclic amines) is 1. The van der Waals surface area contributed by atoms with Crippen molar-refractivity contribution in [2.75, 3.05) is 39.9 Å². The van der Waals surface area contributed by atoms with Crippen molar-refractivity contribution in [3.05, 3.63) is 22.4 Å². The van der Waals surface area contributed by atoms with E-state index in [0.717, 1.165) is 51.2 Å². The van der Waals surface area contributed by atoms with Crippen LogP contribution in [-0.4, -0.2) is 50.7 Å². The molecule has 0 radical (unpaired) electrons. The van der Waals surface area contributed by atoms with Gasteiger partial charge in [0.05, 0.1) is 6.61 Å². The number of amides is 1. The Morgan fingerprint density at radius 3 is 2.95 bits per heavy atom. The van der Waals surface area contributed by atoms with Crippen molar-refractivity contribution in [1.82, 2.24) is 10.2 Å². The molecule has 4 nitrogen and oxygen atoms in total. The highest BCUT2D eigenvalue weighted by molar-refractivity contribution is 7.08. The number of carbonyl (C=O) groups excluding carboxylic acids is 1. The van der Waals surface area contributed by atoms with E-state index in [0.29, 0.717) is 5.92 Å². The first-order chi connectivity index (χ1) is 9.29. The molecule has 106 valence electrons. The summed E-state index contributed by atoms with van der Waals surface area (Å²) in [6.45, 7) is 4.85. The molecule has 0 atom stereocenters. The smallest absolute Gasteiger partial charge is 0.252 e. The summed E-state index contributed by atoms with van der Waals surface area (Å²) in [5.41, 5.74) is 0.780. The van der Waals surface area contributed by atoms with Gasteiger partial charge in [-0.1, -0.05) is 0 Å². The Bertz CT molecular complexity index is 373. The van der Waals surface area contributed by atoms with Gasteiger partial charge in [-0.25, -0.2) is 0 Å². The van der Waals surface area contributed by atoms with Gasteiger partial charge < -0.3 is 15.0 Å². The lowest BCUT2D eigenvalue weighted by Crippen LogP contribution is -2.39. The fraction of sp³-hybridized carbons (Fsp3) is 0.643. The standard InChI is InChI=1S/C14H22N2O2S/c1-18-8-7-16-5-2-12(3-6-16)10-15-14(17)13-4-9-19-11-13/h4,9,11-12H,2-3,5-8,10H2,1H3,(H,15,17). The zero-order valence-electron chi connectivity index (χ0n) is 11.4. The molecule has 1 fully saturated rings. The molecule has 2 heterocycles. The van der Waals surface area contributed by atoms with Crippen LogP contribution in [0.3, 0.4) is 0 Å². The van der Waals surface area contributed by atoms with Crippen molar-refractivity contribution in [2.24, 2.45) is 5.92 Å². The third-order valence-corrected chi connectivity index (χ3v) is 4.34. The molecule has 1 saturated heterocycles. The van der Waals surface area contributed by atoms with Crippen molar-refractivity contribution in [1.29, 1.82) is 0 Å². The van der Waals surface area contributed by atoms with Gasteiger partial charge in [0.25, 0.3) is 5.91 Å². The molecule has 0 spiro atoms. The summed E-state index contributed by atoms with van der Waals surface area (Å²) in [5, 5.41) is 6.86. The average molecular weight is 282 g/mol. The Morgan fingerprint density at radius 2 is 2.32 bits per heavy atom. The van der Waals surface area contributed by atoms with Gasteiger partial charge in [-0.05, 0) is 43.3 Å². The van der Waals surface area contributed by atoms with Crippen LogP contribution in [0.5, 0.6) is 0 Å². The summed E-state index contributed by atoms with van der Waals surface area (Å²) in [5.74, 6) is 0.671. The van der Waals surface area contributed by atoms with E-state index in [2.05, 4.69) is 10.2 Å². The molecule has 0 aliphatic carbocycles. The number of thiophene rings is 1. The fourth-order valence-electron chi connectivity index (χ4n) is 2.37. The molecular formula is C14H22N2O2S. The molecular weight excluding hydrogens is 260 g/mol. The maximum Gasteiger partial charge on any atom is 0.252 e. The largest absolute Gasteiger partial charge is 0.383 e. The van der Waals surface area contributed by atoms with E-state index in [1.54, 1.807) is 18.4 Å². The van der Waals surface area contributed by atoms with Crippen LogP contribution in [0.2, 0.25) is 0 Å². The van der Waals surface area contributed by atoms with Crippen LogP contribution in [0.25, 0.3) is 0 Å². The lowest BCUT2D eigenvalue weighted by atomic mass is 9.97. The van der Waals surface area contributed by atoms with Crippen molar-refractivity contribution < 1.29 is 9.53 Å². The van der Waals surface area contributed by atoms with Gasteiger partial charge in [-0.2, -0.15) is 11.3 Å². The molecule has 1 aliphatic rings. The Balaban J connectivity index is 1.64. The number of piperidine rings is 1. The number of nitrogens with zero attached hydrogens (tertiary/aromatic N) is 1. The topological polar surface area (TPSA) is 41.6 Å². The van der Waals surface area contributed by atoms with Gasteiger partial charge in [-0.3, -0.25) is 4.79 Å².